The molecule has 0 radical (unpaired) electrons. The molecule has 0 aliphatic carbocycles. The highest BCUT2D eigenvalue weighted by atomic mass is 127. The topological polar surface area (TPSA) is 38.0 Å². The predicted molar refractivity (Wildman–Crippen MR) is 92.9 cm³/mol. The largest absolute Gasteiger partial charge is 0.507 e. The number of benzene rings is 2. The molecule has 2 aromatic carbocycles. The molecule has 5 heteroatoms. The summed E-state index contributed by atoms with van der Waals surface area (Å²) in [6.45, 7) is 2.88. The molecular weight excluding hydrogens is 431 g/mol. The summed E-state index contributed by atoms with van der Waals surface area (Å²) in [5.41, 5.74) is 2.77. The Balaban J connectivity index is 2.32. The van der Waals surface area contributed by atoms with Crippen LogP contribution in [0.2, 0.25) is 0 Å². The lowest BCUT2D eigenvalue weighted by Gasteiger charge is -2.08. The molecule has 1 aromatic heterocycles. The van der Waals surface area contributed by atoms with E-state index in [1.165, 1.54) is 0 Å². The van der Waals surface area contributed by atoms with Gasteiger partial charge in [0.15, 0.2) is 0 Å². The lowest BCUT2D eigenvalue weighted by atomic mass is 10.2. The molecule has 0 aliphatic heterocycles. The molecule has 102 valence electrons. The van der Waals surface area contributed by atoms with Gasteiger partial charge in [0.1, 0.15) is 11.6 Å². The van der Waals surface area contributed by atoms with Crippen LogP contribution < -0.4 is 0 Å². The second-order valence-corrected chi connectivity index (χ2v) is 6.64. The summed E-state index contributed by atoms with van der Waals surface area (Å²) in [6.07, 6.45) is 0. The van der Waals surface area contributed by atoms with Crippen molar-refractivity contribution < 1.29 is 5.11 Å². The fourth-order valence-electron chi connectivity index (χ4n) is 2.32. The number of imidazole rings is 1. The number of rotatable bonds is 2. The SMILES string of the molecule is CCn1c(-c2cc(I)ccc2O)nc2cc(Br)ccc21. The highest BCUT2D eigenvalue weighted by molar-refractivity contribution is 14.1. The minimum absolute atomic E-state index is 0.259. The van der Waals surface area contributed by atoms with E-state index in [2.05, 4.69) is 55.0 Å². The van der Waals surface area contributed by atoms with Gasteiger partial charge in [0.25, 0.3) is 0 Å². The molecule has 0 spiro atoms. The van der Waals surface area contributed by atoms with Gasteiger partial charge in [0.2, 0.25) is 0 Å². The van der Waals surface area contributed by atoms with Gasteiger partial charge in [0.05, 0.1) is 16.6 Å². The molecule has 1 N–H and O–H groups in total. The number of aromatic hydroxyl groups is 1. The van der Waals surface area contributed by atoms with Crippen LogP contribution in [0.1, 0.15) is 6.92 Å². The molecule has 1 heterocycles. The highest BCUT2D eigenvalue weighted by Crippen LogP contribution is 2.33. The van der Waals surface area contributed by atoms with Gasteiger partial charge in [0, 0.05) is 14.6 Å². The van der Waals surface area contributed by atoms with Crippen molar-refractivity contribution >= 4 is 49.6 Å². The Morgan fingerprint density at radius 2 is 2.05 bits per heavy atom. The molecule has 0 saturated carbocycles. The van der Waals surface area contributed by atoms with Gasteiger partial charge in [-0.05, 0) is 65.9 Å². The second kappa shape index (κ2) is 5.37. The van der Waals surface area contributed by atoms with Crippen LogP contribution in [0.25, 0.3) is 22.4 Å². The van der Waals surface area contributed by atoms with E-state index in [0.717, 1.165) is 37.0 Å². The van der Waals surface area contributed by atoms with Gasteiger partial charge < -0.3 is 9.67 Å². The van der Waals surface area contributed by atoms with Crippen molar-refractivity contribution in [2.24, 2.45) is 0 Å². The Morgan fingerprint density at radius 3 is 2.80 bits per heavy atom. The van der Waals surface area contributed by atoms with Crippen LogP contribution in [0.5, 0.6) is 5.75 Å². The number of hydrogen-bond donors (Lipinski definition) is 1. The quantitative estimate of drug-likeness (QED) is 0.579. The lowest BCUT2D eigenvalue weighted by molar-refractivity contribution is 0.476. The number of fused-ring (bicyclic) bond motifs is 1. The average Bonchev–Trinajstić information content (AvgIpc) is 2.78. The average molecular weight is 443 g/mol. The smallest absolute Gasteiger partial charge is 0.144 e. The zero-order valence-corrected chi connectivity index (χ0v) is 14.5. The zero-order chi connectivity index (χ0) is 14.3. The van der Waals surface area contributed by atoms with Gasteiger partial charge in [-0.15, -0.1) is 0 Å². The Morgan fingerprint density at radius 1 is 1.25 bits per heavy atom. The third-order valence-electron chi connectivity index (χ3n) is 3.23. The summed E-state index contributed by atoms with van der Waals surface area (Å²) < 4.78 is 4.20. The van der Waals surface area contributed by atoms with E-state index >= 15 is 0 Å². The summed E-state index contributed by atoms with van der Waals surface area (Å²) >= 11 is 5.71. The molecule has 0 fully saturated rings. The van der Waals surface area contributed by atoms with E-state index in [1.807, 2.05) is 30.3 Å². The van der Waals surface area contributed by atoms with Gasteiger partial charge in [-0.2, -0.15) is 0 Å². The number of halogens is 2. The van der Waals surface area contributed by atoms with Crippen molar-refractivity contribution in [2.75, 3.05) is 0 Å². The minimum atomic E-state index is 0.259. The molecule has 3 aromatic rings. The number of phenols is 1. The molecule has 0 saturated heterocycles. The van der Waals surface area contributed by atoms with Gasteiger partial charge in [-0.3, -0.25) is 0 Å². The van der Waals surface area contributed by atoms with E-state index in [-0.39, 0.29) is 5.75 Å². The van der Waals surface area contributed by atoms with E-state index in [9.17, 15) is 5.11 Å². The van der Waals surface area contributed by atoms with Crippen molar-refractivity contribution in [2.45, 2.75) is 13.5 Å². The molecule has 0 aliphatic rings. The highest BCUT2D eigenvalue weighted by Gasteiger charge is 2.15. The van der Waals surface area contributed by atoms with Crippen molar-refractivity contribution in [1.29, 1.82) is 0 Å². The molecule has 0 amide bonds. The van der Waals surface area contributed by atoms with E-state index in [1.54, 1.807) is 6.07 Å². The molecule has 0 bridgehead atoms. The van der Waals surface area contributed by atoms with Crippen molar-refractivity contribution in [1.82, 2.24) is 9.55 Å². The molecule has 0 atom stereocenters. The fourth-order valence-corrected chi connectivity index (χ4v) is 3.16. The van der Waals surface area contributed by atoms with Crippen LogP contribution in [-0.4, -0.2) is 14.7 Å². The Kier molecular flexibility index (Phi) is 3.72. The Labute approximate surface area is 138 Å². The molecule has 20 heavy (non-hydrogen) atoms. The molecule has 0 unspecified atom stereocenters. The van der Waals surface area contributed by atoms with Gasteiger partial charge >= 0.3 is 0 Å². The van der Waals surface area contributed by atoms with Crippen LogP contribution in [0.3, 0.4) is 0 Å². The molecule has 3 nitrogen and oxygen atoms in total. The number of phenolic OH excluding ortho intramolecular Hbond substituents is 1. The zero-order valence-electron chi connectivity index (χ0n) is 10.8. The molecular formula is C15H12BrIN2O. The predicted octanol–water partition coefficient (Wildman–Crippen LogP) is 4.80. The van der Waals surface area contributed by atoms with Crippen LogP contribution in [0.15, 0.2) is 40.9 Å². The van der Waals surface area contributed by atoms with E-state index in [4.69, 9.17) is 0 Å². The summed E-state index contributed by atoms with van der Waals surface area (Å²) in [5, 5.41) is 10.1. The lowest BCUT2D eigenvalue weighted by Crippen LogP contribution is -1.97. The fraction of sp³-hybridized carbons (Fsp3) is 0.133. The van der Waals surface area contributed by atoms with Crippen LogP contribution in [-0.2, 0) is 6.54 Å². The first kappa shape index (κ1) is 13.9. The van der Waals surface area contributed by atoms with Crippen molar-refractivity contribution in [3.8, 4) is 17.1 Å². The maximum Gasteiger partial charge on any atom is 0.144 e. The van der Waals surface area contributed by atoms with Gasteiger partial charge in [-0.25, -0.2) is 4.98 Å². The normalized spacial score (nSPS) is 11.2. The monoisotopic (exact) mass is 442 g/mol. The summed E-state index contributed by atoms with van der Waals surface area (Å²) in [5.74, 6) is 1.06. The first-order valence-electron chi connectivity index (χ1n) is 6.25. The summed E-state index contributed by atoms with van der Waals surface area (Å²) in [4.78, 5) is 4.69. The summed E-state index contributed by atoms with van der Waals surface area (Å²) in [7, 11) is 0. The second-order valence-electron chi connectivity index (χ2n) is 4.47. The van der Waals surface area contributed by atoms with Crippen LogP contribution >= 0.6 is 38.5 Å². The van der Waals surface area contributed by atoms with Gasteiger partial charge in [-0.1, -0.05) is 15.9 Å². The number of nitrogens with zero attached hydrogens (tertiary/aromatic N) is 2. The maximum atomic E-state index is 10.1. The number of aromatic nitrogens is 2. The maximum absolute atomic E-state index is 10.1. The first-order chi connectivity index (χ1) is 9.60. The van der Waals surface area contributed by atoms with E-state index < -0.39 is 0 Å². The van der Waals surface area contributed by atoms with Crippen molar-refractivity contribution in [3.63, 3.8) is 0 Å². The Hall–Kier alpha value is -1.08. The first-order valence-corrected chi connectivity index (χ1v) is 8.12. The standard InChI is InChI=1S/C15H12BrIN2O/c1-2-19-13-5-3-9(16)7-12(13)18-15(19)11-8-10(17)4-6-14(11)20/h3-8,20H,2H2,1H3. The minimum Gasteiger partial charge on any atom is -0.507 e. The Bertz CT molecular complexity index is 798. The number of aryl methyl sites for hydroxylation is 1. The number of hydrogen-bond acceptors (Lipinski definition) is 2. The van der Waals surface area contributed by atoms with E-state index in [0.29, 0.717) is 0 Å². The van der Waals surface area contributed by atoms with Crippen LogP contribution in [0.4, 0.5) is 0 Å². The molecule has 3 rings (SSSR count). The third-order valence-corrected chi connectivity index (χ3v) is 4.39. The van der Waals surface area contributed by atoms with Crippen LogP contribution in [0, 0.1) is 3.57 Å². The summed E-state index contributed by atoms with van der Waals surface area (Å²) in [6, 6.07) is 11.6. The third kappa shape index (κ3) is 2.33. The van der Waals surface area contributed by atoms with Crippen molar-refractivity contribution in [3.05, 3.63) is 44.4 Å².